The van der Waals surface area contributed by atoms with E-state index in [-0.39, 0.29) is 23.2 Å². The molecule has 6 nitrogen and oxygen atoms in total. The normalized spacial score (nSPS) is 16.6. The van der Waals surface area contributed by atoms with E-state index in [0.29, 0.717) is 6.42 Å². The highest BCUT2D eigenvalue weighted by Crippen LogP contribution is 2.38. The zero-order chi connectivity index (χ0) is 18.2. The Balaban J connectivity index is 2.05. The molecule has 0 bridgehead atoms. The van der Waals surface area contributed by atoms with Gasteiger partial charge in [-0.15, -0.1) is 6.42 Å². The van der Waals surface area contributed by atoms with Crippen LogP contribution in [0.2, 0.25) is 0 Å². The number of hydrogen-bond donors (Lipinski definition) is 1. The number of rotatable bonds is 5. The van der Waals surface area contributed by atoms with Crippen LogP contribution in [0.15, 0.2) is 41.4 Å². The highest BCUT2D eigenvalue weighted by Gasteiger charge is 2.36. The Labute approximate surface area is 147 Å². The summed E-state index contributed by atoms with van der Waals surface area (Å²) in [7, 11) is -2.28. The van der Waals surface area contributed by atoms with Gasteiger partial charge in [0.1, 0.15) is 10.6 Å². The number of terminal acetylenes is 1. The van der Waals surface area contributed by atoms with Crippen LogP contribution >= 0.6 is 0 Å². The van der Waals surface area contributed by atoms with Crippen LogP contribution in [0.25, 0.3) is 0 Å². The Kier molecular flexibility index (Phi) is 4.41. The Bertz CT molecular complexity index is 970. The number of carbonyl (C=O) groups is 1. The molecule has 1 aliphatic rings. The Morgan fingerprint density at radius 1 is 1.44 bits per heavy atom. The summed E-state index contributed by atoms with van der Waals surface area (Å²) < 4.78 is 29.1. The van der Waals surface area contributed by atoms with Crippen molar-refractivity contribution in [2.75, 3.05) is 6.54 Å². The molecule has 25 heavy (non-hydrogen) atoms. The molecular formula is C18H19N3O3S. The predicted octanol–water partition coefficient (Wildman–Crippen LogP) is 1.44. The largest absolute Gasteiger partial charge is 0.364 e. The van der Waals surface area contributed by atoms with Gasteiger partial charge in [0.25, 0.3) is 5.91 Å². The summed E-state index contributed by atoms with van der Waals surface area (Å²) in [5, 5.41) is 0. The van der Waals surface area contributed by atoms with E-state index in [9.17, 15) is 13.2 Å². The van der Waals surface area contributed by atoms with Crippen LogP contribution in [0.4, 0.5) is 0 Å². The maximum atomic E-state index is 13.2. The average molecular weight is 357 g/mol. The van der Waals surface area contributed by atoms with Gasteiger partial charge in [0.15, 0.2) is 0 Å². The molecule has 0 aliphatic heterocycles. The topological polar surface area (TPSA) is 85.4 Å². The van der Waals surface area contributed by atoms with Crippen LogP contribution in [0.5, 0.6) is 0 Å². The molecule has 1 aromatic carbocycles. The lowest BCUT2D eigenvalue weighted by atomic mass is 10.1. The number of aryl methyl sites for hydroxylation is 2. The molecule has 3 rings (SSSR count). The zero-order valence-electron chi connectivity index (χ0n) is 13.8. The number of nitrogens with two attached hydrogens (primary N) is 1. The number of sulfonamides is 1. The maximum Gasteiger partial charge on any atom is 0.265 e. The fourth-order valence-electron chi connectivity index (χ4n) is 3.34. The van der Waals surface area contributed by atoms with Crippen LogP contribution in [-0.4, -0.2) is 29.7 Å². The van der Waals surface area contributed by atoms with Crippen molar-refractivity contribution in [1.82, 2.24) is 8.87 Å². The lowest BCUT2D eigenvalue weighted by molar-refractivity contribution is 0.0992. The summed E-state index contributed by atoms with van der Waals surface area (Å²) in [5.41, 5.74) is 7.54. The standard InChI is InChI=1S/C18H19N3O3S/c1-3-10-21(16-9-8-13-6-4-5-7-15(13)16)25(23,24)14-11-17(18(19)22)20(2)12-14/h1,4-7,11-12,16H,8-10H2,2H3,(H2,19,22)/t16-/m1/s1. The van der Waals surface area contributed by atoms with Crippen molar-refractivity contribution in [3.8, 4) is 12.3 Å². The number of benzene rings is 1. The first-order valence-corrected chi connectivity index (χ1v) is 9.29. The van der Waals surface area contributed by atoms with Gasteiger partial charge in [-0.2, -0.15) is 4.31 Å². The van der Waals surface area contributed by atoms with E-state index >= 15 is 0 Å². The van der Waals surface area contributed by atoms with Crippen LogP contribution in [0, 0.1) is 12.3 Å². The SMILES string of the molecule is C#CCN([C@@H]1CCc2ccccc21)S(=O)(=O)c1cc(C(N)=O)n(C)c1. The Morgan fingerprint density at radius 2 is 2.16 bits per heavy atom. The van der Waals surface area contributed by atoms with Crippen LogP contribution in [0.3, 0.4) is 0 Å². The predicted molar refractivity (Wildman–Crippen MR) is 94.2 cm³/mol. The van der Waals surface area contributed by atoms with Crippen molar-refractivity contribution in [3.05, 3.63) is 53.3 Å². The molecule has 130 valence electrons. The van der Waals surface area contributed by atoms with Gasteiger partial charge in [0.05, 0.1) is 12.6 Å². The quantitative estimate of drug-likeness (QED) is 0.822. The van der Waals surface area contributed by atoms with Crippen molar-refractivity contribution in [2.24, 2.45) is 12.8 Å². The zero-order valence-corrected chi connectivity index (χ0v) is 14.7. The van der Waals surface area contributed by atoms with E-state index < -0.39 is 15.9 Å². The number of carbonyl (C=O) groups excluding carboxylic acids is 1. The minimum Gasteiger partial charge on any atom is -0.364 e. The highest BCUT2D eigenvalue weighted by atomic mass is 32.2. The number of amides is 1. The maximum absolute atomic E-state index is 13.2. The van der Waals surface area contributed by atoms with Gasteiger partial charge in [0, 0.05) is 13.2 Å². The third kappa shape index (κ3) is 2.95. The molecule has 0 fully saturated rings. The molecule has 0 saturated heterocycles. The van der Waals surface area contributed by atoms with Crippen molar-refractivity contribution >= 4 is 15.9 Å². The third-order valence-electron chi connectivity index (χ3n) is 4.53. The smallest absolute Gasteiger partial charge is 0.265 e. The molecular weight excluding hydrogens is 338 g/mol. The second-order valence-corrected chi connectivity index (χ2v) is 7.93. The lowest BCUT2D eigenvalue weighted by Crippen LogP contribution is -2.34. The van der Waals surface area contributed by atoms with E-state index in [2.05, 4.69) is 5.92 Å². The highest BCUT2D eigenvalue weighted by molar-refractivity contribution is 7.89. The summed E-state index contributed by atoms with van der Waals surface area (Å²) in [6.45, 7) is -0.0396. The number of primary amides is 1. The van der Waals surface area contributed by atoms with Gasteiger partial charge in [-0.1, -0.05) is 30.2 Å². The van der Waals surface area contributed by atoms with E-state index in [0.717, 1.165) is 17.5 Å². The Hall–Kier alpha value is -2.56. The fourth-order valence-corrected chi connectivity index (χ4v) is 4.96. The monoisotopic (exact) mass is 357 g/mol. The first kappa shape index (κ1) is 17.3. The van der Waals surface area contributed by atoms with E-state index in [4.69, 9.17) is 12.2 Å². The fraction of sp³-hybridized carbons (Fsp3) is 0.278. The van der Waals surface area contributed by atoms with Crippen molar-refractivity contribution in [3.63, 3.8) is 0 Å². The van der Waals surface area contributed by atoms with Gasteiger partial charge in [-0.25, -0.2) is 8.42 Å². The molecule has 0 spiro atoms. The summed E-state index contributed by atoms with van der Waals surface area (Å²) in [5.74, 6) is 1.76. The van der Waals surface area contributed by atoms with Gasteiger partial charge in [-0.3, -0.25) is 4.79 Å². The Morgan fingerprint density at radius 3 is 2.80 bits per heavy atom. The molecule has 1 heterocycles. The lowest BCUT2D eigenvalue weighted by Gasteiger charge is -2.26. The molecule has 2 aromatic rings. The van der Waals surface area contributed by atoms with Gasteiger partial charge in [0.2, 0.25) is 10.0 Å². The first-order valence-electron chi connectivity index (χ1n) is 7.85. The second kappa shape index (κ2) is 6.39. The summed E-state index contributed by atoms with van der Waals surface area (Å²) in [6.07, 6.45) is 8.31. The minimum absolute atomic E-state index is 0.0171. The molecule has 0 unspecified atom stereocenters. The average Bonchev–Trinajstić information content (AvgIpc) is 3.16. The summed E-state index contributed by atoms with van der Waals surface area (Å²) in [4.78, 5) is 11.5. The van der Waals surface area contributed by atoms with Crippen molar-refractivity contribution < 1.29 is 13.2 Å². The number of nitrogens with zero attached hydrogens (tertiary/aromatic N) is 2. The summed E-state index contributed by atoms with van der Waals surface area (Å²) in [6, 6.07) is 8.76. The van der Waals surface area contributed by atoms with E-state index in [1.807, 2.05) is 24.3 Å². The minimum atomic E-state index is -3.86. The number of hydrogen-bond acceptors (Lipinski definition) is 3. The molecule has 2 N–H and O–H groups in total. The number of aromatic nitrogens is 1. The van der Waals surface area contributed by atoms with Gasteiger partial charge < -0.3 is 10.3 Å². The van der Waals surface area contributed by atoms with Crippen molar-refractivity contribution in [1.29, 1.82) is 0 Å². The molecule has 7 heteroatoms. The molecule has 1 amide bonds. The van der Waals surface area contributed by atoms with Gasteiger partial charge in [-0.05, 0) is 30.0 Å². The first-order chi connectivity index (χ1) is 11.9. The van der Waals surface area contributed by atoms with E-state index in [1.54, 1.807) is 7.05 Å². The van der Waals surface area contributed by atoms with Gasteiger partial charge >= 0.3 is 0 Å². The van der Waals surface area contributed by atoms with E-state index in [1.165, 1.54) is 21.1 Å². The summed E-state index contributed by atoms with van der Waals surface area (Å²) >= 11 is 0. The molecule has 1 aromatic heterocycles. The van der Waals surface area contributed by atoms with Crippen molar-refractivity contribution in [2.45, 2.75) is 23.8 Å². The van der Waals surface area contributed by atoms with Crippen LogP contribution < -0.4 is 5.73 Å². The molecule has 1 aliphatic carbocycles. The third-order valence-corrected chi connectivity index (χ3v) is 6.35. The van der Waals surface area contributed by atoms with Crippen LogP contribution in [-0.2, 0) is 23.5 Å². The van der Waals surface area contributed by atoms with Crippen LogP contribution in [0.1, 0.15) is 34.1 Å². The second-order valence-electron chi connectivity index (χ2n) is 6.04. The molecule has 0 saturated carbocycles. The molecule has 0 radical (unpaired) electrons. The molecule has 1 atom stereocenters. The number of fused-ring (bicyclic) bond motifs is 1.